The van der Waals surface area contributed by atoms with E-state index in [4.69, 9.17) is 14.2 Å². The predicted octanol–water partition coefficient (Wildman–Crippen LogP) is 3.09. The first kappa shape index (κ1) is 17.3. The first-order chi connectivity index (χ1) is 12.2. The van der Waals surface area contributed by atoms with Crippen molar-refractivity contribution in [1.82, 2.24) is 5.32 Å². The molecule has 1 aliphatic heterocycles. The zero-order valence-corrected chi connectivity index (χ0v) is 14.5. The zero-order valence-electron chi connectivity index (χ0n) is 14.5. The Labute approximate surface area is 147 Å². The largest absolute Gasteiger partial charge is 0.497 e. The van der Waals surface area contributed by atoms with Crippen LogP contribution in [0.5, 0.6) is 11.5 Å². The minimum absolute atomic E-state index is 0.0749. The average Bonchev–Trinajstić information content (AvgIpc) is 3.21. The molecule has 0 radical (unpaired) electrons. The third kappa shape index (κ3) is 4.12. The van der Waals surface area contributed by atoms with E-state index in [0.29, 0.717) is 6.61 Å². The third-order valence-corrected chi connectivity index (χ3v) is 4.41. The van der Waals surface area contributed by atoms with Crippen molar-refractivity contribution in [2.75, 3.05) is 20.8 Å². The lowest BCUT2D eigenvalue weighted by molar-refractivity contribution is -0.130. The monoisotopic (exact) mass is 341 g/mol. The molecule has 0 saturated carbocycles. The van der Waals surface area contributed by atoms with Gasteiger partial charge < -0.3 is 19.5 Å². The van der Waals surface area contributed by atoms with Crippen LogP contribution in [0.2, 0.25) is 0 Å². The van der Waals surface area contributed by atoms with Gasteiger partial charge in [0, 0.05) is 6.61 Å². The zero-order chi connectivity index (χ0) is 17.6. The van der Waals surface area contributed by atoms with Crippen molar-refractivity contribution < 1.29 is 19.0 Å². The molecule has 1 atom stereocenters. The van der Waals surface area contributed by atoms with Gasteiger partial charge in [0.25, 0.3) is 0 Å². The van der Waals surface area contributed by atoms with Crippen LogP contribution in [0.4, 0.5) is 0 Å². The van der Waals surface area contributed by atoms with Crippen LogP contribution in [0.15, 0.2) is 48.5 Å². The van der Waals surface area contributed by atoms with Gasteiger partial charge >= 0.3 is 0 Å². The lowest BCUT2D eigenvalue weighted by atomic mass is 9.98. The first-order valence-electron chi connectivity index (χ1n) is 8.41. The van der Waals surface area contributed by atoms with Crippen LogP contribution in [0.3, 0.4) is 0 Å². The number of carbonyl (C=O) groups is 1. The Kier molecular flexibility index (Phi) is 5.56. The molecule has 1 heterocycles. The molecule has 1 N–H and O–H groups in total. The molecular weight excluding hydrogens is 318 g/mol. The van der Waals surface area contributed by atoms with E-state index in [1.165, 1.54) is 0 Å². The molecule has 5 nitrogen and oxygen atoms in total. The summed E-state index contributed by atoms with van der Waals surface area (Å²) in [5, 5.41) is 3.12. The van der Waals surface area contributed by atoms with E-state index < -0.39 is 0 Å². The van der Waals surface area contributed by atoms with Crippen LogP contribution >= 0.6 is 0 Å². The van der Waals surface area contributed by atoms with Gasteiger partial charge in [0.1, 0.15) is 17.6 Å². The number of hydrogen-bond acceptors (Lipinski definition) is 4. The smallest absolute Gasteiger partial charge is 0.249 e. The summed E-state index contributed by atoms with van der Waals surface area (Å²) in [6.07, 6.45) is 1.33. The van der Waals surface area contributed by atoms with Gasteiger partial charge in [-0.3, -0.25) is 4.79 Å². The number of methoxy groups -OCH3 is 2. The summed E-state index contributed by atoms with van der Waals surface area (Å²) in [5.74, 6) is 1.49. The molecule has 1 fully saturated rings. The summed E-state index contributed by atoms with van der Waals surface area (Å²) in [5.41, 5.74) is 1.97. The second-order valence-electron chi connectivity index (χ2n) is 5.99. The van der Waals surface area contributed by atoms with Gasteiger partial charge in [-0.25, -0.2) is 0 Å². The van der Waals surface area contributed by atoms with Gasteiger partial charge in [0.05, 0.1) is 20.3 Å². The van der Waals surface area contributed by atoms with Crippen LogP contribution < -0.4 is 14.8 Å². The van der Waals surface area contributed by atoms with Crippen molar-refractivity contribution in [1.29, 1.82) is 0 Å². The number of ether oxygens (including phenoxy) is 3. The number of benzene rings is 2. The molecule has 25 heavy (non-hydrogen) atoms. The average molecular weight is 341 g/mol. The van der Waals surface area contributed by atoms with Crippen molar-refractivity contribution in [3.63, 3.8) is 0 Å². The van der Waals surface area contributed by atoms with E-state index in [0.717, 1.165) is 35.5 Å². The fourth-order valence-electron chi connectivity index (χ4n) is 2.97. The maximum absolute atomic E-state index is 12.6. The minimum atomic E-state index is -0.362. The Morgan fingerprint density at radius 2 is 1.52 bits per heavy atom. The molecular formula is C20H23NO4. The number of rotatable bonds is 6. The summed E-state index contributed by atoms with van der Waals surface area (Å²) in [4.78, 5) is 12.6. The molecule has 0 bridgehead atoms. The SMILES string of the molecule is COc1ccc(C(NC(=O)[C@@H]2CCCO2)c2ccc(OC)cc2)cc1. The van der Waals surface area contributed by atoms with Crippen molar-refractivity contribution in [3.05, 3.63) is 59.7 Å². The molecule has 5 heteroatoms. The van der Waals surface area contributed by atoms with Crippen molar-refractivity contribution in [2.24, 2.45) is 0 Å². The second kappa shape index (κ2) is 8.03. The topological polar surface area (TPSA) is 56.8 Å². The van der Waals surface area contributed by atoms with Gasteiger partial charge in [-0.15, -0.1) is 0 Å². The van der Waals surface area contributed by atoms with Gasteiger partial charge in [-0.05, 0) is 48.2 Å². The van der Waals surface area contributed by atoms with E-state index in [1.807, 2.05) is 48.5 Å². The van der Waals surface area contributed by atoms with E-state index in [-0.39, 0.29) is 18.1 Å². The Balaban J connectivity index is 1.87. The highest BCUT2D eigenvalue weighted by molar-refractivity contribution is 5.81. The Bertz CT molecular complexity index is 643. The highest BCUT2D eigenvalue weighted by Crippen LogP contribution is 2.26. The van der Waals surface area contributed by atoms with Crippen LogP contribution in [-0.4, -0.2) is 32.8 Å². The summed E-state index contributed by atoms with van der Waals surface area (Å²) < 4.78 is 16.0. The Hall–Kier alpha value is -2.53. The summed E-state index contributed by atoms with van der Waals surface area (Å²) in [6, 6.07) is 15.2. The quantitative estimate of drug-likeness (QED) is 0.877. The molecule has 1 saturated heterocycles. The van der Waals surface area contributed by atoms with Crippen molar-refractivity contribution >= 4 is 5.91 Å². The van der Waals surface area contributed by atoms with Crippen LogP contribution in [0, 0.1) is 0 Å². The lowest BCUT2D eigenvalue weighted by Gasteiger charge is -2.22. The van der Waals surface area contributed by atoms with Gasteiger partial charge in [-0.2, -0.15) is 0 Å². The predicted molar refractivity (Wildman–Crippen MR) is 94.9 cm³/mol. The summed E-state index contributed by atoms with van der Waals surface area (Å²) >= 11 is 0. The standard InChI is InChI=1S/C20H23NO4/c1-23-16-9-5-14(6-10-16)19(15-7-11-17(24-2)12-8-15)21-20(22)18-4-3-13-25-18/h5-12,18-19H,3-4,13H2,1-2H3,(H,21,22)/t18-/m0/s1. The van der Waals surface area contributed by atoms with Gasteiger partial charge in [0.2, 0.25) is 5.91 Å². The molecule has 0 aliphatic carbocycles. The second-order valence-corrected chi connectivity index (χ2v) is 5.99. The fourth-order valence-corrected chi connectivity index (χ4v) is 2.97. The molecule has 1 aliphatic rings. The molecule has 2 aromatic carbocycles. The number of amides is 1. The Morgan fingerprint density at radius 3 is 1.92 bits per heavy atom. The molecule has 0 unspecified atom stereocenters. The lowest BCUT2D eigenvalue weighted by Crippen LogP contribution is -2.37. The fraction of sp³-hybridized carbons (Fsp3) is 0.350. The van der Waals surface area contributed by atoms with E-state index in [2.05, 4.69) is 5.32 Å². The van der Waals surface area contributed by atoms with E-state index >= 15 is 0 Å². The van der Waals surface area contributed by atoms with Crippen molar-refractivity contribution in [3.8, 4) is 11.5 Å². The van der Waals surface area contributed by atoms with Crippen LogP contribution in [-0.2, 0) is 9.53 Å². The molecule has 2 aromatic rings. The maximum atomic E-state index is 12.6. The highest BCUT2D eigenvalue weighted by atomic mass is 16.5. The molecule has 1 amide bonds. The van der Waals surface area contributed by atoms with E-state index in [1.54, 1.807) is 14.2 Å². The van der Waals surface area contributed by atoms with Crippen LogP contribution in [0.1, 0.15) is 30.0 Å². The molecule has 3 rings (SSSR count). The summed E-state index contributed by atoms with van der Waals surface area (Å²) in [7, 11) is 3.27. The van der Waals surface area contributed by atoms with Crippen LogP contribution in [0.25, 0.3) is 0 Å². The molecule has 132 valence electrons. The number of carbonyl (C=O) groups excluding carboxylic acids is 1. The van der Waals surface area contributed by atoms with Crippen molar-refractivity contribution in [2.45, 2.75) is 25.0 Å². The normalized spacial score (nSPS) is 16.7. The molecule has 0 aromatic heterocycles. The Morgan fingerprint density at radius 1 is 1.00 bits per heavy atom. The third-order valence-electron chi connectivity index (χ3n) is 4.41. The minimum Gasteiger partial charge on any atom is -0.497 e. The summed E-state index contributed by atoms with van der Waals surface area (Å²) in [6.45, 7) is 0.647. The maximum Gasteiger partial charge on any atom is 0.249 e. The molecule has 0 spiro atoms. The van der Waals surface area contributed by atoms with Gasteiger partial charge in [-0.1, -0.05) is 24.3 Å². The van der Waals surface area contributed by atoms with Gasteiger partial charge in [0.15, 0.2) is 0 Å². The number of nitrogens with one attached hydrogen (secondary N) is 1. The van der Waals surface area contributed by atoms with E-state index in [9.17, 15) is 4.79 Å². The first-order valence-corrected chi connectivity index (χ1v) is 8.41. The highest BCUT2D eigenvalue weighted by Gasteiger charge is 2.26. The number of hydrogen-bond donors (Lipinski definition) is 1.